The molecule has 2 aromatic rings. The molecule has 0 unspecified atom stereocenters. The molecule has 1 saturated heterocycles. The maximum Gasteiger partial charge on any atom is 0.416 e. The maximum atomic E-state index is 12.6. The lowest BCUT2D eigenvalue weighted by molar-refractivity contribution is -0.159. The lowest BCUT2D eigenvalue weighted by Crippen LogP contribution is -2.46. The molecule has 0 spiro atoms. The molecule has 0 radical (unpaired) electrons. The molecule has 0 bridgehead atoms. The van der Waals surface area contributed by atoms with E-state index in [1.807, 2.05) is 0 Å². The Bertz CT molecular complexity index is 894. The van der Waals surface area contributed by atoms with E-state index >= 15 is 0 Å². The van der Waals surface area contributed by atoms with Crippen molar-refractivity contribution in [1.82, 2.24) is 4.90 Å². The number of halogens is 3. The van der Waals surface area contributed by atoms with Gasteiger partial charge in [-0.2, -0.15) is 13.2 Å². The summed E-state index contributed by atoms with van der Waals surface area (Å²) in [5.41, 5.74) is 4.24. The molecule has 0 amide bonds. The summed E-state index contributed by atoms with van der Waals surface area (Å²) in [4.78, 5) is 22.9. The number of rotatable bonds is 3. The minimum Gasteiger partial charge on any atom is -0.473 e. The normalized spacial score (nSPS) is 14.5. The summed E-state index contributed by atoms with van der Waals surface area (Å²) in [5, 5.41) is 14.8. The number of nitrogens with zero attached hydrogens (tertiary/aromatic N) is 2. The van der Waals surface area contributed by atoms with Crippen LogP contribution in [0.1, 0.15) is 22.3 Å². The van der Waals surface area contributed by atoms with Gasteiger partial charge in [-0.05, 0) is 48.7 Å². The number of aliphatic carboxylic acids is 2. The Morgan fingerprint density at radius 1 is 0.903 bits per heavy atom. The van der Waals surface area contributed by atoms with Crippen LogP contribution < -0.4 is 4.90 Å². The second-order valence-electron chi connectivity index (χ2n) is 7.29. The number of hydrogen-bond acceptors (Lipinski definition) is 4. The van der Waals surface area contributed by atoms with Crippen LogP contribution in [0.25, 0.3) is 0 Å². The first kappa shape index (κ1) is 24.2. The lowest BCUT2D eigenvalue weighted by atomic mass is 10.1. The summed E-state index contributed by atoms with van der Waals surface area (Å²) in [7, 11) is 0. The molecule has 0 aromatic heterocycles. The number of hydrogen-bond donors (Lipinski definition) is 2. The molecule has 168 valence electrons. The van der Waals surface area contributed by atoms with Gasteiger partial charge in [0.15, 0.2) is 0 Å². The zero-order valence-electron chi connectivity index (χ0n) is 17.3. The molecule has 2 aromatic carbocycles. The highest BCUT2D eigenvalue weighted by molar-refractivity contribution is 6.27. The average Bonchev–Trinajstić information content (AvgIpc) is 2.71. The van der Waals surface area contributed by atoms with Crippen LogP contribution in [0.5, 0.6) is 0 Å². The second-order valence-corrected chi connectivity index (χ2v) is 7.29. The summed E-state index contributed by atoms with van der Waals surface area (Å²) >= 11 is 0. The fourth-order valence-electron chi connectivity index (χ4n) is 3.28. The highest BCUT2D eigenvalue weighted by atomic mass is 19.4. The average molecular weight is 438 g/mol. The molecule has 1 fully saturated rings. The number of piperazine rings is 1. The van der Waals surface area contributed by atoms with Crippen LogP contribution in [0.4, 0.5) is 18.9 Å². The standard InChI is InChI=1S/C20H23F3N2.C2H2O4/c1-15-4-3-5-19(16(15)2)25-12-10-24(11-13-25)14-17-6-8-18(9-7-17)20(21,22)23;3-1(4)2(5)6/h3-9H,10-14H2,1-2H3;(H,3,4)(H,5,6). The highest BCUT2D eigenvalue weighted by Gasteiger charge is 2.30. The molecule has 0 aliphatic carbocycles. The fraction of sp³-hybridized carbons (Fsp3) is 0.364. The Morgan fingerprint density at radius 3 is 1.94 bits per heavy atom. The molecule has 2 N–H and O–H groups in total. The van der Waals surface area contributed by atoms with Gasteiger partial charge in [0.2, 0.25) is 0 Å². The van der Waals surface area contributed by atoms with Gasteiger partial charge in [0.25, 0.3) is 0 Å². The molecule has 31 heavy (non-hydrogen) atoms. The van der Waals surface area contributed by atoms with Crippen LogP contribution in [0, 0.1) is 13.8 Å². The van der Waals surface area contributed by atoms with E-state index in [-0.39, 0.29) is 0 Å². The highest BCUT2D eigenvalue weighted by Crippen LogP contribution is 2.29. The van der Waals surface area contributed by atoms with Gasteiger partial charge in [-0.3, -0.25) is 4.90 Å². The van der Waals surface area contributed by atoms with Crippen molar-refractivity contribution in [2.24, 2.45) is 0 Å². The molecular formula is C22H25F3N2O4. The van der Waals surface area contributed by atoms with Crippen molar-refractivity contribution in [2.45, 2.75) is 26.6 Å². The van der Waals surface area contributed by atoms with Gasteiger partial charge in [0.05, 0.1) is 5.56 Å². The third-order valence-electron chi connectivity index (χ3n) is 5.16. The van der Waals surface area contributed by atoms with Gasteiger partial charge in [0, 0.05) is 38.4 Å². The molecule has 0 atom stereocenters. The van der Waals surface area contributed by atoms with Gasteiger partial charge in [-0.1, -0.05) is 24.3 Å². The van der Waals surface area contributed by atoms with Gasteiger partial charge < -0.3 is 15.1 Å². The molecule has 6 nitrogen and oxygen atoms in total. The Balaban J connectivity index is 0.000000501. The van der Waals surface area contributed by atoms with Crippen LogP contribution in [0.15, 0.2) is 42.5 Å². The van der Waals surface area contributed by atoms with E-state index in [1.54, 1.807) is 12.1 Å². The summed E-state index contributed by atoms with van der Waals surface area (Å²) in [5.74, 6) is -3.65. The van der Waals surface area contributed by atoms with Gasteiger partial charge in [-0.25, -0.2) is 9.59 Å². The molecular weight excluding hydrogens is 413 g/mol. The Kier molecular flexibility index (Phi) is 8.04. The third-order valence-corrected chi connectivity index (χ3v) is 5.16. The molecule has 9 heteroatoms. The van der Waals surface area contributed by atoms with E-state index in [9.17, 15) is 13.2 Å². The third kappa shape index (κ3) is 6.99. The minimum atomic E-state index is -4.27. The molecule has 0 saturated carbocycles. The summed E-state index contributed by atoms with van der Waals surface area (Å²) < 4.78 is 37.9. The fourth-order valence-corrected chi connectivity index (χ4v) is 3.28. The zero-order chi connectivity index (χ0) is 23.2. The molecule has 1 aliphatic heterocycles. The minimum absolute atomic E-state index is 0.587. The van der Waals surface area contributed by atoms with Crippen molar-refractivity contribution in [3.8, 4) is 0 Å². The summed E-state index contributed by atoms with van der Waals surface area (Å²) in [6, 6.07) is 11.9. The van der Waals surface area contributed by atoms with Crippen molar-refractivity contribution in [2.75, 3.05) is 31.1 Å². The molecule has 3 rings (SSSR count). The first-order valence-corrected chi connectivity index (χ1v) is 9.65. The van der Waals surface area contributed by atoms with E-state index in [4.69, 9.17) is 19.8 Å². The lowest BCUT2D eigenvalue weighted by Gasteiger charge is -2.37. The van der Waals surface area contributed by atoms with Crippen molar-refractivity contribution in [3.63, 3.8) is 0 Å². The zero-order valence-corrected chi connectivity index (χ0v) is 17.3. The SMILES string of the molecule is Cc1cccc(N2CCN(Cc3ccc(C(F)(F)F)cc3)CC2)c1C.O=C(O)C(=O)O. The van der Waals surface area contributed by atoms with Crippen LogP contribution in [-0.2, 0) is 22.3 Å². The van der Waals surface area contributed by atoms with E-state index in [2.05, 4.69) is 41.8 Å². The van der Waals surface area contributed by atoms with E-state index < -0.39 is 23.7 Å². The maximum absolute atomic E-state index is 12.6. The number of carboxylic acid groups (broad SMARTS) is 2. The number of anilines is 1. The van der Waals surface area contributed by atoms with Crippen molar-refractivity contribution >= 4 is 17.6 Å². The summed E-state index contributed by atoms with van der Waals surface area (Å²) in [6.07, 6.45) is -4.27. The van der Waals surface area contributed by atoms with E-state index in [0.29, 0.717) is 6.54 Å². The van der Waals surface area contributed by atoms with Crippen LogP contribution in [0.3, 0.4) is 0 Å². The van der Waals surface area contributed by atoms with Crippen LogP contribution >= 0.6 is 0 Å². The number of alkyl halides is 3. The number of benzene rings is 2. The molecule has 1 heterocycles. The predicted molar refractivity (Wildman–Crippen MR) is 110 cm³/mol. The van der Waals surface area contributed by atoms with Gasteiger partial charge >= 0.3 is 18.1 Å². The van der Waals surface area contributed by atoms with Crippen molar-refractivity contribution in [3.05, 3.63) is 64.7 Å². The monoisotopic (exact) mass is 438 g/mol. The quantitative estimate of drug-likeness (QED) is 0.710. The topological polar surface area (TPSA) is 81.1 Å². The number of aryl methyl sites for hydroxylation is 1. The Labute approximate surface area is 178 Å². The second kappa shape index (κ2) is 10.3. The largest absolute Gasteiger partial charge is 0.473 e. The van der Waals surface area contributed by atoms with Crippen LogP contribution in [-0.4, -0.2) is 53.2 Å². The van der Waals surface area contributed by atoms with E-state index in [0.717, 1.165) is 31.7 Å². The Hall–Kier alpha value is -3.07. The predicted octanol–water partition coefficient (Wildman–Crippen LogP) is 3.80. The number of carbonyl (C=O) groups is 2. The first-order chi connectivity index (χ1) is 14.5. The van der Waals surface area contributed by atoms with Gasteiger partial charge in [-0.15, -0.1) is 0 Å². The number of carboxylic acids is 2. The van der Waals surface area contributed by atoms with Crippen LogP contribution in [0.2, 0.25) is 0 Å². The first-order valence-electron chi connectivity index (χ1n) is 9.65. The Morgan fingerprint density at radius 2 is 1.45 bits per heavy atom. The smallest absolute Gasteiger partial charge is 0.416 e. The summed E-state index contributed by atoms with van der Waals surface area (Å²) in [6.45, 7) is 8.66. The van der Waals surface area contributed by atoms with E-state index in [1.165, 1.54) is 28.9 Å². The van der Waals surface area contributed by atoms with Crippen molar-refractivity contribution in [1.29, 1.82) is 0 Å². The van der Waals surface area contributed by atoms with Crippen molar-refractivity contribution < 1.29 is 33.0 Å². The molecule has 1 aliphatic rings. The van der Waals surface area contributed by atoms with Gasteiger partial charge in [0.1, 0.15) is 0 Å².